The normalized spacial score (nSPS) is 25.7. The molecule has 0 aromatic rings. The van der Waals surface area contributed by atoms with Gasteiger partial charge >= 0.3 is 5.97 Å². The maximum atomic E-state index is 12.0. The number of aliphatic hydroxyl groups excluding tert-OH is 1. The van der Waals surface area contributed by atoms with Crippen LogP contribution in [0.25, 0.3) is 0 Å². The number of hydrogen-bond donors (Lipinski definition) is 1. The number of ether oxygens (including phenoxy) is 2. The molecule has 2 aliphatic carbocycles. The highest BCUT2D eigenvalue weighted by Crippen LogP contribution is 2.45. The van der Waals surface area contributed by atoms with E-state index in [2.05, 4.69) is 86.0 Å². The van der Waals surface area contributed by atoms with Crippen LogP contribution in [0.4, 0.5) is 0 Å². The summed E-state index contributed by atoms with van der Waals surface area (Å²) in [6.45, 7) is 28.9. The van der Waals surface area contributed by atoms with E-state index in [1.165, 1.54) is 32.1 Å². The lowest BCUT2D eigenvalue weighted by molar-refractivity contribution is -0.159. The Morgan fingerprint density at radius 3 is 2.02 bits per heavy atom. The van der Waals surface area contributed by atoms with E-state index in [1.54, 1.807) is 0 Å². The Bertz CT molecular complexity index is 947. The molecule has 0 radical (unpaired) electrons. The third-order valence-electron chi connectivity index (χ3n) is 10.4. The molecule has 0 bridgehead atoms. The summed E-state index contributed by atoms with van der Waals surface area (Å²) in [6, 6.07) is 0. The predicted molar refractivity (Wildman–Crippen MR) is 188 cm³/mol. The highest BCUT2D eigenvalue weighted by molar-refractivity contribution is 6.74. The van der Waals surface area contributed by atoms with Crippen LogP contribution < -0.4 is 0 Å². The standard InChI is InChI=1S/C36H68O6Si2/c1-34(2,3)40-33(38)26-39-24-18-17-21-28-29(32(25-30(28)37)42-44(12,13)36(7,8)9)22-23-31(27-19-15-14-16-20-27)41-43(10,11)35(4,5)6/h17-18,22-23,27-32,37H,14-16,19-21,24-26H2,1-13H3/b18-17-,23-22+/t28-,29-,30+,31-,32-/m1/s1. The van der Waals surface area contributed by atoms with Crippen molar-refractivity contribution in [2.24, 2.45) is 17.8 Å². The van der Waals surface area contributed by atoms with Gasteiger partial charge in [0, 0.05) is 5.92 Å². The molecule has 256 valence electrons. The van der Waals surface area contributed by atoms with E-state index in [-0.39, 0.29) is 46.7 Å². The smallest absolute Gasteiger partial charge is 0.332 e. The summed E-state index contributed by atoms with van der Waals surface area (Å²) in [5, 5.41) is 11.6. The van der Waals surface area contributed by atoms with Crippen molar-refractivity contribution in [2.45, 2.75) is 167 Å². The van der Waals surface area contributed by atoms with E-state index in [0.29, 0.717) is 18.9 Å². The molecule has 0 aliphatic heterocycles. The lowest BCUT2D eigenvalue weighted by Crippen LogP contribution is -2.46. The van der Waals surface area contributed by atoms with Gasteiger partial charge in [0.2, 0.25) is 0 Å². The first-order valence-corrected chi connectivity index (χ1v) is 23.0. The zero-order chi connectivity index (χ0) is 33.6. The molecule has 5 atom stereocenters. The molecule has 2 fully saturated rings. The summed E-state index contributed by atoms with van der Waals surface area (Å²) >= 11 is 0. The van der Waals surface area contributed by atoms with Gasteiger partial charge in [-0.3, -0.25) is 0 Å². The number of rotatable bonds is 13. The van der Waals surface area contributed by atoms with Crippen LogP contribution in [-0.2, 0) is 23.1 Å². The van der Waals surface area contributed by atoms with Crippen LogP contribution >= 0.6 is 0 Å². The van der Waals surface area contributed by atoms with Gasteiger partial charge in [-0.2, -0.15) is 0 Å². The number of esters is 1. The first kappa shape index (κ1) is 39.4. The minimum atomic E-state index is -2.05. The fourth-order valence-electron chi connectivity index (χ4n) is 5.78. The largest absolute Gasteiger partial charge is 0.458 e. The predicted octanol–water partition coefficient (Wildman–Crippen LogP) is 9.21. The second-order valence-electron chi connectivity index (χ2n) is 17.4. The molecule has 0 saturated heterocycles. The van der Waals surface area contributed by atoms with Gasteiger partial charge in [-0.1, -0.05) is 85.1 Å². The van der Waals surface area contributed by atoms with Crippen LogP contribution in [0.5, 0.6) is 0 Å². The Balaban J connectivity index is 2.26. The van der Waals surface area contributed by atoms with Crippen LogP contribution in [0.3, 0.4) is 0 Å². The summed E-state index contributed by atoms with van der Waals surface area (Å²) in [5.74, 6) is 0.324. The van der Waals surface area contributed by atoms with Gasteiger partial charge in [0.1, 0.15) is 12.2 Å². The number of hydrogen-bond acceptors (Lipinski definition) is 6. The second kappa shape index (κ2) is 15.9. The quantitative estimate of drug-likeness (QED) is 0.0926. The van der Waals surface area contributed by atoms with E-state index in [4.69, 9.17) is 18.3 Å². The third kappa shape index (κ3) is 12.1. The Hall–Kier alpha value is -0.776. The number of carbonyl (C=O) groups is 1. The Morgan fingerprint density at radius 2 is 1.48 bits per heavy atom. The van der Waals surface area contributed by atoms with E-state index in [0.717, 1.165) is 6.42 Å². The van der Waals surface area contributed by atoms with E-state index < -0.39 is 28.3 Å². The van der Waals surface area contributed by atoms with Crippen molar-refractivity contribution < 1.29 is 28.2 Å². The van der Waals surface area contributed by atoms with Crippen LogP contribution in [0, 0.1) is 17.8 Å². The van der Waals surface area contributed by atoms with Crippen molar-refractivity contribution in [1.82, 2.24) is 0 Å². The van der Waals surface area contributed by atoms with Crippen molar-refractivity contribution >= 4 is 22.6 Å². The highest BCUT2D eigenvalue weighted by atomic mass is 28.4. The van der Waals surface area contributed by atoms with E-state index >= 15 is 0 Å². The van der Waals surface area contributed by atoms with E-state index in [1.807, 2.05) is 26.8 Å². The molecule has 2 rings (SSSR count). The summed E-state index contributed by atoms with van der Waals surface area (Å²) < 4.78 is 25.0. The first-order chi connectivity index (χ1) is 20.0. The van der Waals surface area contributed by atoms with Crippen molar-refractivity contribution in [2.75, 3.05) is 13.2 Å². The summed E-state index contributed by atoms with van der Waals surface area (Å²) in [6.07, 6.45) is 16.1. The van der Waals surface area contributed by atoms with Gasteiger partial charge in [-0.15, -0.1) is 0 Å². The molecule has 8 heteroatoms. The average Bonchev–Trinajstić information content (AvgIpc) is 3.14. The lowest BCUT2D eigenvalue weighted by atomic mass is 9.84. The fraction of sp³-hybridized carbons (Fsp3) is 0.861. The maximum absolute atomic E-state index is 12.0. The molecule has 0 aromatic carbocycles. The number of aliphatic hydroxyl groups is 1. The summed E-state index contributed by atoms with van der Waals surface area (Å²) in [5.41, 5.74) is -0.522. The molecule has 6 nitrogen and oxygen atoms in total. The zero-order valence-electron chi connectivity index (χ0n) is 30.6. The topological polar surface area (TPSA) is 74.2 Å². The summed E-state index contributed by atoms with van der Waals surface area (Å²) in [7, 11) is -4.03. The molecule has 0 spiro atoms. The first-order valence-electron chi connectivity index (χ1n) is 17.2. The molecule has 1 N–H and O–H groups in total. The Kier molecular flexibility index (Phi) is 14.2. The molecular formula is C36H68O6Si2. The van der Waals surface area contributed by atoms with Crippen molar-refractivity contribution in [1.29, 1.82) is 0 Å². The van der Waals surface area contributed by atoms with Crippen LogP contribution in [0.2, 0.25) is 36.3 Å². The van der Waals surface area contributed by atoms with Crippen LogP contribution in [-0.4, -0.2) is 64.8 Å². The molecule has 0 heterocycles. The maximum Gasteiger partial charge on any atom is 0.332 e. The third-order valence-corrected chi connectivity index (χ3v) is 19.4. The lowest BCUT2D eigenvalue weighted by Gasteiger charge is -2.42. The molecular weight excluding hydrogens is 585 g/mol. The van der Waals surface area contributed by atoms with Gasteiger partial charge < -0.3 is 23.4 Å². The molecule has 2 aliphatic rings. The molecule has 0 unspecified atom stereocenters. The molecule has 2 saturated carbocycles. The van der Waals surface area contributed by atoms with Gasteiger partial charge in [0.25, 0.3) is 0 Å². The molecule has 0 aromatic heterocycles. The Morgan fingerprint density at radius 1 is 0.886 bits per heavy atom. The van der Waals surface area contributed by atoms with Gasteiger partial charge in [-0.05, 0) is 94.6 Å². The second-order valence-corrected chi connectivity index (χ2v) is 26.9. The highest BCUT2D eigenvalue weighted by Gasteiger charge is 2.47. The average molecular weight is 653 g/mol. The fourth-order valence-corrected chi connectivity index (χ4v) is 8.45. The van der Waals surface area contributed by atoms with Crippen LogP contribution in [0.15, 0.2) is 24.3 Å². The molecule has 44 heavy (non-hydrogen) atoms. The van der Waals surface area contributed by atoms with Crippen LogP contribution in [0.1, 0.15) is 107 Å². The molecule has 0 amide bonds. The van der Waals surface area contributed by atoms with Gasteiger partial charge in [0.05, 0.1) is 24.9 Å². The number of carbonyl (C=O) groups excluding carboxylic acids is 1. The Labute approximate surface area is 273 Å². The summed E-state index contributed by atoms with van der Waals surface area (Å²) in [4.78, 5) is 12.0. The van der Waals surface area contributed by atoms with E-state index in [9.17, 15) is 9.90 Å². The van der Waals surface area contributed by atoms with Gasteiger partial charge in [-0.25, -0.2) is 4.79 Å². The number of allylic oxidation sites excluding steroid dienone is 1. The van der Waals surface area contributed by atoms with Crippen molar-refractivity contribution in [3.8, 4) is 0 Å². The zero-order valence-corrected chi connectivity index (χ0v) is 32.6. The minimum Gasteiger partial charge on any atom is -0.458 e. The van der Waals surface area contributed by atoms with Gasteiger partial charge in [0.15, 0.2) is 16.6 Å². The van der Waals surface area contributed by atoms with Crippen molar-refractivity contribution in [3.63, 3.8) is 0 Å². The minimum absolute atomic E-state index is 0.0242. The van der Waals surface area contributed by atoms with Crippen molar-refractivity contribution in [3.05, 3.63) is 24.3 Å². The monoisotopic (exact) mass is 652 g/mol. The SMILES string of the molecule is CC(C)(C)OC(=O)COC/C=C\C[C@@H]1[C@@H](/C=C/[C@@H](O[Si](C)(C)C(C)(C)C)C2CCCCC2)[C@H](O[Si](C)(C)C(C)(C)C)C[C@@H]1O.